The first-order valence-electron chi connectivity index (χ1n) is 7.89. The van der Waals surface area contributed by atoms with Gasteiger partial charge in [-0.25, -0.2) is 4.98 Å². The maximum absolute atomic E-state index is 5.60. The van der Waals surface area contributed by atoms with Crippen LogP contribution in [0.5, 0.6) is 0 Å². The highest BCUT2D eigenvalue weighted by Gasteiger charge is 2.14. The molecule has 22 heavy (non-hydrogen) atoms. The van der Waals surface area contributed by atoms with Gasteiger partial charge >= 0.3 is 0 Å². The molecule has 1 aromatic carbocycles. The minimum Gasteiger partial charge on any atom is -0.330 e. The average Bonchev–Trinajstić information content (AvgIpc) is 2.99. The lowest BCUT2D eigenvalue weighted by Gasteiger charge is -2.32. The highest BCUT2D eigenvalue weighted by molar-refractivity contribution is 7.13. The third-order valence-corrected chi connectivity index (χ3v) is 5.07. The molecule has 0 unspecified atom stereocenters. The molecule has 0 radical (unpaired) electrons. The van der Waals surface area contributed by atoms with Crippen molar-refractivity contribution in [3.05, 3.63) is 40.9 Å². The summed E-state index contributed by atoms with van der Waals surface area (Å²) >= 11 is 1.71. The van der Waals surface area contributed by atoms with Crippen molar-refractivity contribution in [2.24, 2.45) is 5.73 Å². The first-order chi connectivity index (χ1) is 10.7. The van der Waals surface area contributed by atoms with Crippen molar-refractivity contribution in [1.29, 1.82) is 0 Å². The summed E-state index contributed by atoms with van der Waals surface area (Å²) in [6, 6.07) is 8.79. The molecular weight excluding hydrogens is 292 g/mol. The third-order valence-electron chi connectivity index (χ3n) is 4.13. The van der Waals surface area contributed by atoms with E-state index in [4.69, 9.17) is 5.73 Å². The summed E-state index contributed by atoms with van der Waals surface area (Å²) in [4.78, 5) is 9.61. The molecule has 2 aromatic rings. The van der Waals surface area contributed by atoms with Crippen LogP contribution >= 0.6 is 11.3 Å². The van der Waals surface area contributed by atoms with Crippen molar-refractivity contribution in [3.8, 4) is 10.6 Å². The molecule has 2 heterocycles. The molecule has 4 nitrogen and oxygen atoms in total. The number of nitrogens with zero attached hydrogens (tertiary/aromatic N) is 3. The van der Waals surface area contributed by atoms with Gasteiger partial charge in [-0.1, -0.05) is 18.2 Å². The fourth-order valence-electron chi connectivity index (χ4n) is 2.77. The molecule has 0 atom stereocenters. The maximum atomic E-state index is 5.60. The summed E-state index contributed by atoms with van der Waals surface area (Å²) in [5.74, 6) is 0. The van der Waals surface area contributed by atoms with Gasteiger partial charge in [0, 0.05) is 50.1 Å². The summed E-state index contributed by atoms with van der Waals surface area (Å²) < 4.78 is 0. The molecule has 0 spiro atoms. The van der Waals surface area contributed by atoms with Gasteiger partial charge in [0.1, 0.15) is 5.01 Å². The Morgan fingerprint density at radius 1 is 1.23 bits per heavy atom. The molecule has 1 aliphatic rings. The van der Waals surface area contributed by atoms with Crippen LogP contribution in [-0.4, -0.2) is 54.6 Å². The van der Waals surface area contributed by atoms with Crippen LogP contribution in [-0.2, 0) is 13.0 Å². The predicted octanol–water partition coefficient (Wildman–Crippen LogP) is 2.06. The molecule has 1 saturated heterocycles. The number of hydrogen-bond acceptors (Lipinski definition) is 5. The number of hydrogen-bond donors (Lipinski definition) is 1. The number of nitrogens with two attached hydrogens (primary N) is 1. The Hall–Kier alpha value is -1.27. The minimum absolute atomic E-state index is 0.659. The molecule has 0 aliphatic carbocycles. The zero-order valence-corrected chi connectivity index (χ0v) is 14.0. The Bertz CT molecular complexity index is 602. The van der Waals surface area contributed by atoms with E-state index < -0.39 is 0 Å². The second-order valence-corrected chi connectivity index (χ2v) is 6.82. The smallest absolute Gasteiger partial charge is 0.123 e. The van der Waals surface area contributed by atoms with Gasteiger partial charge in [0.15, 0.2) is 0 Å². The van der Waals surface area contributed by atoms with Crippen LogP contribution < -0.4 is 5.73 Å². The Morgan fingerprint density at radius 3 is 2.82 bits per heavy atom. The summed E-state index contributed by atoms with van der Waals surface area (Å²) in [7, 11) is 2.19. The van der Waals surface area contributed by atoms with Crippen LogP contribution in [0, 0.1) is 0 Å². The Kier molecular flexibility index (Phi) is 5.20. The fourth-order valence-corrected chi connectivity index (χ4v) is 3.62. The van der Waals surface area contributed by atoms with Gasteiger partial charge in [-0.3, -0.25) is 4.90 Å². The van der Waals surface area contributed by atoms with Crippen LogP contribution in [0.2, 0.25) is 0 Å². The number of likely N-dealkylation sites (N-methyl/N-ethyl adjacent to an activating group) is 1. The predicted molar refractivity (Wildman–Crippen MR) is 93.1 cm³/mol. The van der Waals surface area contributed by atoms with Crippen LogP contribution in [0.15, 0.2) is 29.6 Å². The SMILES string of the molecule is CN1CCN(Cc2cccc(-c3nc(CCN)cs3)c2)CC1. The molecule has 1 aromatic heterocycles. The lowest BCUT2D eigenvalue weighted by Crippen LogP contribution is -2.43. The second kappa shape index (κ2) is 7.33. The van der Waals surface area contributed by atoms with Gasteiger partial charge in [-0.15, -0.1) is 11.3 Å². The van der Waals surface area contributed by atoms with Crippen molar-refractivity contribution in [1.82, 2.24) is 14.8 Å². The van der Waals surface area contributed by atoms with E-state index in [-0.39, 0.29) is 0 Å². The molecular formula is C17H24N4S. The standard InChI is InChI=1S/C17H24N4S/c1-20-7-9-21(10-8-20)12-14-3-2-4-15(11-14)17-19-16(5-6-18)13-22-17/h2-4,11,13H,5-10,12,18H2,1H3. The summed E-state index contributed by atoms with van der Waals surface area (Å²) in [6.45, 7) is 6.32. The Morgan fingerprint density at radius 2 is 2.05 bits per heavy atom. The molecule has 0 saturated carbocycles. The van der Waals surface area contributed by atoms with E-state index in [1.54, 1.807) is 11.3 Å². The minimum atomic E-state index is 0.659. The fraction of sp³-hybridized carbons (Fsp3) is 0.471. The summed E-state index contributed by atoms with van der Waals surface area (Å²) in [5, 5.41) is 3.22. The highest BCUT2D eigenvalue weighted by Crippen LogP contribution is 2.25. The number of thiazole rings is 1. The van der Waals surface area contributed by atoms with E-state index in [1.807, 2.05) is 0 Å². The molecule has 1 aliphatic heterocycles. The summed E-state index contributed by atoms with van der Waals surface area (Å²) in [6.07, 6.45) is 0.859. The first-order valence-corrected chi connectivity index (χ1v) is 8.77. The van der Waals surface area contributed by atoms with Crippen molar-refractivity contribution >= 4 is 11.3 Å². The van der Waals surface area contributed by atoms with Crippen LogP contribution in [0.3, 0.4) is 0 Å². The molecule has 118 valence electrons. The van der Waals surface area contributed by atoms with Gasteiger partial charge in [0.25, 0.3) is 0 Å². The molecule has 0 amide bonds. The van der Waals surface area contributed by atoms with E-state index in [9.17, 15) is 0 Å². The number of piperazine rings is 1. The molecule has 1 fully saturated rings. The maximum Gasteiger partial charge on any atom is 0.123 e. The second-order valence-electron chi connectivity index (χ2n) is 5.96. The van der Waals surface area contributed by atoms with Crippen LogP contribution in [0.4, 0.5) is 0 Å². The van der Waals surface area contributed by atoms with Crippen LogP contribution in [0.25, 0.3) is 10.6 Å². The number of rotatable bonds is 5. The lowest BCUT2D eigenvalue weighted by atomic mass is 10.1. The third kappa shape index (κ3) is 3.93. The topological polar surface area (TPSA) is 45.4 Å². The molecule has 2 N–H and O–H groups in total. The van der Waals surface area contributed by atoms with Crippen molar-refractivity contribution < 1.29 is 0 Å². The van der Waals surface area contributed by atoms with E-state index in [1.165, 1.54) is 11.1 Å². The molecule has 0 bridgehead atoms. The van der Waals surface area contributed by atoms with Gasteiger partial charge in [0.05, 0.1) is 5.69 Å². The summed E-state index contributed by atoms with van der Waals surface area (Å²) in [5.41, 5.74) is 9.30. The Balaban J connectivity index is 1.69. The van der Waals surface area contributed by atoms with Gasteiger partial charge in [-0.05, 0) is 25.2 Å². The normalized spacial score (nSPS) is 17.0. The lowest BCUT2D eigenvalue weighted by molar-refractivity contribution is 0.148. The van der Waals surface area contributed by atoms with Crippen molar-refractivity contribution in [2.75, 3.05) is 39.8 Å². The highest BCUT2D eigenvalue weighted by atomic mass is 32.1. The largest absolute Gasteiger partial charge is 0.330 e. The van der Waals surface area contributed by atoms with E-state index in [0.717, 1.165) is 49.8 Å². The monoisotopic (exact) mass is 316 g/mol. The zero-order valence-electron chi connectivity index (χ0n) is 13.2. The van der Waals surface area contributed by atoms with Gasteiger partial charge in [0.2, 0.25) is 0 Å². The molecule has 3 rings (SSSR count). The van der Waals surface area contributed by atoms with Crippen molar-refractivity contribution in [3.63, 3.8) is 0 Å². The van der Waals surface area contributed by atoms with Crippen molar-refractivity contribution in [2.45, 2.75) is 13.0 Å². The van der Waals surface area contributed by atoms with E-state index in [2.05, 4.69) is 51.5 Å². The van der Waals surface area contributed by atoms with E-state index >= 15 is 0 Å². The van der Waals surface area contributed by atoms with Gasteiger partial charge in [-0.2, -0.15) is 0 Å². The van der Waals surface area contributed by atoms with E-state index in [0.29, 0.717) is 6.54 Å². The zero-order chi connectivity index (χ0) is 15.4. The quantitative estimate of drug-likeness (QED) is 0.917. The van der Waals surface area contributed by atoms with Crippen LogP contribution in [0.1, 0.15) is 11.3 Å². The van der Waals surface area contributed by atoms with Gasteiger partial charge < -0.3 is 10.6 Å². The first kappa shape index (κ1) is 15.6. The number of aromatic nitrogens is 1. The average molecular weight is 316 g/mol. The number of benzene rings is 1. The molecule has 5 heteroatoms. The Labute approximate surface area is 136 Å².